The van der Waals surface area contributed by atoms with Crippen LogP contribution in [0.2, 0.25) is 18.1 Å². The van der Waals surface area contributed by atoms with Crippen LogP contribution in [0.5, 0.6) is 0 Å². The van der Waals surface area contributed by atoms with Crippen molar-refractivity contribution in [2.45, 2.75) is 64.5 Å². The summed E-state index contributed by atoms with van der Waals surface area (Å²) in [6.07, 6.45) is 7.35. The standard InChI is InChI=1S/C19H34O6Si/c1-19(2,3)26(5,6)25-16(11-8-13-24-18(20)21-4)10-7-12-17-22-14-9-15-23-17/h8,10-11,17H,7,9,12-15H2,1-6H3/b11-8+,16-10-. The highest BCUT2D eigenvalue weighted by Gasteiger charge is 2.39. The maximum Gasteiger partial charge on any atom is 0.508 e. The molecule has 1 aliphatic rings. The van der Waals surface area contributed by atoms with Crippen LogP contribution in [0.3, 0.4) is 0 Å². The molecule has 0 unspecified atom stereocenters. The molecule has 150 valence electrons. The van der Waals surface area contributed by atoms with E-state index in [0.29, 0.717) is 0 Å². The minimum absolute atomic E-state index is 0.0953. The first-order chi connectivity index (χ1) is 12.2. The fourth-order valence-electron chi connectivity index (χ4n) is 2.00. The Labute approximate surface area is 158 Å². The van der Waals surface area contributed by atoms with Crippen LogP contribution in [0.25, 0.3) is 0 Å². The topological polar surface area (TPSA) is 63.2 Å². The molecule has 0 bridgehead atoms. The molecular formula is C19H34O6Si. The van der Waals surface area contributed by atoms with Gasteiger partial charge in [0.25, 0.3) is 0 Å². The average molecular weight is 387 g/mol. The van der Waals surface area contributed by atoms with Crippen molar-refractivity contribution in [1.29, 1.82) is 0 Å². The van der Waals surface area contributed by atoms with Crippen molar-refractivity contribution in [2.24, 2.45) is 0 Å². The third kappa shape index (κ3) is 8.38. The van der Waals surface area contributed by atoms with E-state index < -0.39 is 14.5 Å². The zero-order valence-corrected chi connectivity index (χ0v) is 18.0. The van der Waals surface area contributed by atoms with E-state index in [1.165, 1.54) is 7.11 Å². The lowest BCUT2D eigenvalue weighted by Crippen LogP contribution is -2.40. The van der Waals surface area contributed by atoms with Crippen molar-refractivity contribution in [2.75, 3.05) is 26.9 Å². The van der Waals surface area contributed by atoms with Crippen molar-refractivity contribution < 1.29 is 28.2 Å². The summed E-state index contributed by atoms with van der Waals surface area (Å²) in [6.45, 7) is 12.7. The summed E-state index contributed by atoms with van der Waals surface area (Å²) in [6, 6.07) is 0. The summed E-state index contributed by atoms with van der Waals surface area (Å²) < 4.78 is 26.9. The van der Waals surface area contributed by atoms with E-state index in [4.69, 9.17) is 18.6 Å². The van der Waals surface area contributed by atoms with Crippen LogP contribution in [0.1, 0.15) is 40.0 Å². The molecule has 7 heteroatoms. The maximum absolute atomic E-state index is 11.0. The second kappa shape index (κ2) is 10.7. The lowest BCUT2D eigenvalue weighted by atomic mass is 10.2. The minimum Gasteiger partial charge on any atom is -0.544 e. The van der Waals surface area contributed by atoms with Gasteiger partial charge in [-0.1, -0.05) is 20.8 Å². The predicted molar refractivity (Wildman–Crippen MR) is 103 cm³/mol. The van der Waals surface area contributed by atoms with Crippen LogP contribution in [-0.4, -0.2) is 47.7 Å². The zero-order chi connectivity index (χ0) is 19.6. The molecule has 0 N–H and O–H groups in total. The van der Waals surface area contributed by atoms with Gasteiger partial charge in [0.1, 0.15) is 6.61 Å². The van der Waals surface area contributed by atoms with E-state index in [0.717, 1.165) is 38.2 Å². The molecule has 1 aliphatic heterocycles. The van der Waals surface area contributed by atoms with Gasteiger partial charge in [-0.25, -0.2) is 4.79 Å². The molecule has 1 saturated heterocycles. The number of rotatable bonds is 8. The van der Waals surface area contributed by atoms with Crippen LogP contribution < -0.4 is 0 Å². The molecule has 0 spiro atoms. The van der Waals surface area contributed by atoms with Crippen LogP contribution in [0, 0.1) is 0 Å². The highest BCUT2D eigenvalue weighted by molar-refractivity contribution is 6.74. The summed E-state index contributed by atoms with van der Waals surface area (Å²) in [4.78, 5) is 11.0. The maximum atomic E-state index is 11.0. The first-order valence-electron chi connectivity index (χ1n) is 9.15. The number of ether oxygens (including phenoxy) is 4. The molecule has 6 nitrogen and oxygen atoms in total. The van der Waals surface area contributed by atoms with Crippen molar-refractivity contribution >= 4 is 14.5 Å². The number of allylic oxidation sites excluding steroid dienone is 2. The van der Waals surface area contributed by atoms with Gasteiger partial charge in [0.05, 0.1) is 26.1 Å². The highest BCUT2D eigenvalue weighted by atomic mass is 28.4. The molecule has 1 fully saturated rings. The van der Waals surface area contributed by atoms with E-state index in [1.807, 2.05) is 6.08 Å². The third-order valence-corrected chi connectivity index (χ3v) is 8.93. The van der Waals surface area contributed by atoms with E-state index in [2.05, 4.69) is 44.7 Å². The summed E-state index contributed by atoms with van der Waals surface area (Å²) in [5.74, 6) is 0.792. The van der Waals surface area contributed by atoms with Crippen LogP contribution >= 0.6 is 0 Å². The van der Waals surface area contributed by atoms with E-state index in [-0.39, 0.29) is 17.9 Å². The monoisotopic (exact) mass is 386 g/mol. The minimum atomic E-state index is -1.96. The van der Waals surface area contributed by atoms with Gasteiger partial charge >= 0.3 is 6.16 Å². The SMILES string of the molecule is COC(=O)OC/C=C/C(=C/CCC1OCCCO1)O[Si](C)(C)C(C)(C)C. The Morgan fingerprint density at radius 2 is 1.88 bits per heavy atom. The molecule has 1 rings (SSSR count). The highest BCUT2D eigenvalue weighted by Crippen LogP contribution is 2.38. The number of hydrogen-bond acceptors (Lipinski definition) is 6. The number of hydrogen-bond donors (Lipinski definition) is 0. The van der Waals surface area contributed by atoms with E-state index in [1.54, 1.807) is 6.08 Å². The van der Waals surface area contributed by atoms with Gasteiger partial charge in [-0.15, -0.1) is 0 Å². The Morgan fingerprint density at radius 3 is 2.46 bits per heavy atom. The van der Waals surface area contributed by atoms with Crippen LogP contribution in [0.15, 0.2) is 24.0 Å². The molecule has 0 aliphatic carbocycles. The molecule has 0 aromatic rings. The summed E-state index contributed by atoms with van der Waals surface area (Å²) in [7, 11) is -0.676. The van der Waals surface area contributed by atoms with Gasteiger partial charge in [-0.3, -0.25) is 0 Å². The second-order valence-corrected chi connectivity index (χ2v) is 12.5. The Hall–Kier alpha value is -1.31. The lowest BCUT2D eigenvalue weighted by molar-refractivity contribution is -0.180. The summed E-state index contributed by atoms with van der Waals surface area (Å²) in [5.41, 5.74) is 0. The molecule has 0 atom stereocenters. The molecular weight excluding hydrogens is 352 g/mol. The third-order valence-electron chi connectivity index (χ3n) is 4.57. The van der Waals surface area contributed by atoms with Gasteiger partial charge in [0.15, 0.2) is 6.29 Å². The van der Waals surface area contributed by atoms with Gasteiger partial charge in [-0.2, -0.15) is 0 Å². The second-order valence-electron chi connectivity index (χ2n) is 7.74. The van der Waals surface area contributed by atoms with E-state index in [9.17, 15) is 4.79 Å². The molecule has 0 amide bonds. The molecule has 1 heterocycles. The van der Waals surface area contributed by atoms with Gasteiger partial charge in [0, 0.05) is 6.42 Å². The first kappa shape index (κ1) is 22.7. The Morgan fingerprint density at radius 1 is 1.23 bits per heavy atom. The molecule has 0 aromatic heterocycles. The molecule has 26 heavy (non-hydrogen) atoms. The van der Waals surface area contributed by atoms with Crippen molar-refractivity contribution in [3.63, 3.8) is 0 Å². The lowest BCUT2D eigenvalue weighted by Gasteiger charge is -2.37. The van der Waals surface area contributed by atoms with E-state index >= 15 is 0 Å². The van der Waals surface area contributed by atoms with Crippen LogP contribution in [0.4, 0.5) is 4.79 Å². The van der Waals surface area contributed by atoms with Crippen molar-refractivity contribution in [3.8, 4) is 0 Å². The fraction of sp³-hybridized carbons (Fsp3) is 0.737. The van der Waals surface area contributed by atoms with Crippen molar-refractivity contribution in [3.05, 3.63) is 24.0 Å². The first-order valence-corrected chi connectivity index (χ1v) is 12.1. The van der Waals surface area contributed by atoms with Crippen LogP contribution in [-0.2, 0) is 23.4 Å². The number of carbonyl (C=O) groups excluding carboxylic acids is 1. The molecule has 0 radical (unpaired) electrons. The zero-order valence-electron chi connectivity index (χ0n) is 17.0. The largest absolute Gasteiger partial charge is 0.544 e. The van der Waals surface area contributed by atoms with Crippen molar-refractivity contribution in [1.82, 2.24) is 0 Å². The average Bonchev–Trinajstić information content (AvgIpc) is 2.57. The number of methoxy groups -OCH3 is 1. The molecule has 0 saturated carbocycles. The quantitative estimate of drug-likeness (QED) is 0.259. The Bertz CT molecular complexity index is 487. The Balaban J connectivity index is 2.68. The van der Waals surface area contributed by atoms with Gasteiger partial charge in [-0.05, 0) is 49.2 Å². The van der Waals surface area contributed by atoms with Gasteiger partial charge in [0.2, 0.25) is 8.32 Å². The summed E-state index contributed by atoms with van der Waals surface area (Å²) in [5, 5.41) is 0.0953. The smallest absolute Gasteiger partial charge is 0.508 e. The molecule has 0 aromatic carbocycles. The fourth-order valence-corrected chi connectivity index (χ4v) is 3.04. The Kier molecular flexibility index (Phi) is 9.39. The number of carbonyl (C=O) groups is 1. The predicted octanol–water partition coefficient (Wildman–Crippen LogP) is 4.77. The summed E-state index contributed by atoms with van der Waals surface area (Å²) >= 11 is 0. The normalized spacial score (nSPS) is 17.4. The van der Waals surface area contributed by atoms with Gasteiger partial charge < -0.3 is 23.4 Å².